The average molecular weight is 1410 g/mol. The zero-order valence-electron chi connectivity index (χ0n) is 54.5. The normalized spacial score (nSPS) is 27.7. The van der Waals surface area contributed by atoms with E-state index in [1.807, 2.05) is 24.3 Å². The number of phenolic OH excluding ortho intramolecular Hbond substituents is 1. The van der Waals surface area contributed by atoms with Crippen LogP contribution in [0.4, 0.5) is 5.69 Å². The molecule has 0 radical (unpaired) electrons. The minimum atomic E-state index is -5.25. The van der Waals surface area contributed by atoms with Crippen molar-refractivity contribution in [2.24, 2.45) is 11.8 Å². The van der Waals surface area contributed by atoms with Gasteiger partial charge in [-0.05, 0) is 93.5 Å². The Balaban J connectivity index is 1.04. The molecule has 4 heterocycles. The second kappa shape index (κ2) is 34.1. The first-order valence-corrected chi connectivity index (χ1v) is 34.8. The van der Waals surface area contributed by atoms with Crippen molar-refractivity contribution in [1.29, 1.82) is 10.8 Å². The quantitative estimate of drug-likeness (QED) is 0.0317. The first kappa shape index (κ1) is 76.3. The molecule has 34 heteroatoms. The number of phenols is 1. The maximum atomic E-state index is 15.0. The molecule has 5 fully saturated rings. The predicted molar refractivity (Wildman–Crippen MR) is 355 cm³/mol. The van der Waals surface area contributed by atoms with E-state index in [0.717, 1.165) is 84.5 Å². The van der Waals surface area contributed by atoms with Crippen molar-refractivity contribution >= 4 is 79.3 Å². The van der Waals surface area contributed by atoms with Crippen LogP contribution in [-0.4, -0.2) is 276 Å². The van der Waals surface area contributed by atoms with Crippen molar-refractivity contribution in [1.82, 2.24) is 46.6 Å². The van der Waals surface area contributed by atoms with Gasteiger partial charge >= 0.3 is 10.4 Å². The van der Waals surface area contributed by atoms with E-state index < -0.39 is 207 Å². The number of aliphatic hydroxyl groups is 8. The van der Waals surface area contributed by atoms with E-state index in [2.05, 4.69) is 52.8 Å². The Labute approximate surface area is 570 Å². The standard InChI is InChI=1S/C64H90N12O20S2/c1-33-4-13-41(14-5-33)73-20-22-74(23-21-73)42-15-11-38(12-16-42)57(66)97-56(65)37-7-9-39(10-8-37)58(86)69-45-26-43(80)28-68-62(90)54-55(85)34(2)29-76(54)64(92)53(48(83)18-19-67-40(31-77)32-78)72-61(89)52(49(84)24-36-6-17-47(82)50(25-36)96-98(93,94)95)71-60(88)46-27-44(81)30-75(46)63(91)51(35(3)79)70-59(45)87/h6-12,15-17,25,33-35,40-41,43-46,48-49,51-55,65-67,77-85H,4-5,13-14,18-24,26-32H2,1-3H3,(H,68,90)(H,69,86)(H,70,87)(H,71,88)(H,72,89)(H,93,94,95)/t33?,34-,35+,41?,43+,44+,45-,46?,48-,49+,51?,52-,53?,54?,55-/m0/s1. The number of carbonyl (C=O) groups is 7. The van der Waals surface area contributed by atoms with Gasteiger partial charge in [0.2, 0.25) is 35.4 Å². The number of hydrogen-bond acceptors (Lipinski definition) is 25. The Morgan fingerprint density at radius 1 is 0.714 bits per heavy atom. The molecule has 0 aromatic heterocycles. The van der Waals surface area contributed by atoms with Gasteiger partial charge in [0.05, 0.1) is 55.9 Å². The van der Waals surface area contributed by atoms with Crippen LogP contribution in [0, 0.1) is 22.7 Å². The Bertz CT molecular complexity index is 3450. The molecular weight excluding hydrogens is 1320 g/mol. The average Bonchev–Trinajstić information content (AvgIpc) is 1.61. The summed E-state index contributed by atoms with van der Waals surface area (Å²) in [4.78, 5) is 109. The Kier molecular flexibility index (Phi) is 26.5. The van der Waals surface area contributed by atoms with Crippen molar-refractivity contribution in [3.63, 3.8) is 0 Å². The van der Waals surface area contributed by atoms with Crippen molar-refractivity contribution in [2.45, 2.75) is 157 Å². The van der Waals surface area contributed by atoms with Gasteiger partial charge in [0, 0.05) is 99.4 Å². The summed E-state index contributed by atoms with van der Waals surface area (Å²) in [6, 6.07) is 3.92. The minimum Gasteiger partial charge on any atom is -0.504 e. The molecule has 32 nitrogen and oxygen atoms in total. The molecule has 0 spiro atoms. The summed E-state index contributed by atoms with van der Waals surface area (Å²) in [6.45, 7) is 5.46. The number of anilines is 1. The van der Waals surface area contributed by atoms with Crippen LogP contribution in [0.25, 0.3) is 0 Å². The second-order valence-electron chi connectivity index (χ2n) is 25.9. The van der Waals surface area contributed by atoms with Crippen molar-refractivity contribution in [3.05, 3.63) is 89.0 Å². The highest BCUT2D eigenvalue weighted by atomic mass is 32.3. The van der Waals surface area contributed by atoms with Crippen LogP contribution >= 0.6 is 11.8 Å². The molecule has 1 aliphatic carbocycles. The van der Waals surface area contributed by atoms with Crippen molar-refractivity contribution < 1.29 is 96.7 Å². The predicted octanol–water partition coefficient (Wildman–Crippen LogP) is -3.36. The summed E-state index contributed by atoms with van der Waals surface area (Å²) >= 11 is 0.884. The van der Waals surface area contributed by atoms with Crippen LogP contribution in [-0.2, 0) is 45.6 Å². The third-order valence-electron chi connectivity index (χ3n) is 18.6. The van der Waals surface area contributed by atoms with E-state index in [4.69, 9.17) is 10.8 Å². The number of thioether (sulfide) groups is 1. The number of amides is 7. The van der Waals surface area contributed by atoms with Crippen LogP contribution in [0.2, 0.25) is 0 Å². The van der Waals surface area contributed by atoms with Gasteiger partial charge in [-0.2, -0.15) is 8.42 Å². The Morgan fingerprint density at radius 3 is 1.92 bits per heavy atom. The van der Waals surface area contributed by atoms with E-state index in [9.17, 15) is 92.5 Å². The molecule has 4 aliphatic heterocycles. The van der Waals surface area contributed by atoms with Gasteiger partial charge in [0.25, 0.3) is 5.91 Å². The summed E-state index contributed by atoms with van der Waals surface area (Å²) in [6.07, 6.45) is -8.35. The summed E-state index contributed by atoms with van der Waals surface area (Å²) < 4.78 is 37.0. The van der Waals surface area contributed by atoms with Gasteiger partial charge < -0.3 is 96.7 Å². The molecule has 13 atom stereocenters. The van der Waals surface area contributed by atoms with Crippen LogP contribution in [0.1, 0.15) is 92.8 Å². The van der Waals surface area contributed by atoms with E-state index in [1.54, 1.807) is 0 Å². The number of aromatic hydroxyl groups is 1. The van der Waals surface area contributed by atoms with Gasteiger partial charge in [-0.15, -0.1) is 0 Å². The number of hydrogen-bond donors (Lipinski definition) is 18. The van der Waals surface area contributed by atoms with E-state index in [0.29, 0.717) is 17.2 Å². The monoisotopic (exact) mass is 1410 g/mol. The molecule has 98 heavy (non-hydrogen) atoms. The SMILES string of the molecule is CC1CCC(N2CCN(c3ccc(C(=N)SC(=N)c4ccc(C(=O)N[C@H]5C[C@@H](O)CNC(=O)C6[C@@H](O)[C@@H](C)CN6C(=O)C([C@@H](O)CCNC(CO)CO)NC(=O)[C@H]([C@H](O)Cc6ccc(O)c(OS(=O)(=O)O)c6)NC(=O)C6C[C@@H](O)CN6C(=O)C([C@@H](C)O)NC5=O)cc4)cc3)CC2)CC1. The molecule has 18 N–H and O–H groups in total. The molecular formula is C64H90N12O20S2. The van der Waals surface area contributed by atoms with Crippen LogP contribution in [0.3, 0.4) is 0 Å². The first-order chi connectivity index (χ1) is 46.4. The number of benzene rings is 3. The molecule has 3 aromatic rings. The molecule has 5 aliphatic rings. The third kappa shape index (κ3) is 19.7. The number of nitrogens with one attached hydrogen (secondary N) is 8. The molecule has 7 amide bonds. The highest BCUT2D eigenvalue weighted by Gasteiger charge is 2.50. The van der Waals surface area contributed by atoms with Crippen LogP contribution < -0.4 is 41.0 Å². The molecule has 538 valence electrons. The lowest BCUT2D eigenvalue weighted by molar-refractivity contribution is -0.147. The number of rotatable bonds is 19. The summed E-state index contributed by atoms with van der Waals surface area (Å²) in [7, 11) is -5.25. The molecule has 4 unspecified atom stereocenters. The van der Waals surface area contributed by atoms with Gasteiger partial charge in [-0.3, -0.25) is 53.8 Å². The number of β-amino-alcohol motifs (C(OH)–C–C–N with tert-alkyl or cyclic N) is 1. The second-order valence-corrected chi connectivity index (χ2v) is 28.0. The van der Waals surface area contributed by atoms with Gasteiger partial charge in [0.1, 0.15) is 46.3 Å². The van der Waals surface area contributed by atoms with Crippen LogP contribution in [0.15, 0.2) is 66.7 Å². The van der Waals surface area contributed by atoms with E-state index in [1.165, 1.54) is 56.9 Å². The van der Waals surface area contributed by atoms with E-state index >= 15 is 0 Å². The van der Waals surface area contributed by atoms with Gasteiger partial charge in [0.15, 0.2) is 11.5 Å². The number of aliphatic hydroxyl groups excluding tert-OH is 8. The maximum absolute atomic E-state index is 15.0. The van der Waals surface area contributed by atoms with Gasteiger partial charge in [-0.25, -0.2) is 0 Å². The van der Waals surface area contributed by atoms with Gasteiger partial charge in [-0.1, -0.05) is 55.9 Å². The molecule has 0 bridgehead atoms. The zero-order valence-corrected chi connectivity index (χ0v) is 56.1. The zero-order chi connectivity index (χ0) is 71.4. The first-order valence-electron chi connectivity index (χ1n) is 32.6. The highest BCUT2D eigenvalue weighted by Crippen LogP contribution is 2.32. The molecule has 1 saturated carbocycles. The lowest BCUT2D eigenvalue weighted by atomic mass is 9.86. The number of fused-ring (bicyclic) bond motifs is 2. The maximum Gasteiger partial charge on any atom is 0.446 e. The third-order valence-corrected chi connectivity index (χ3v) is 19.9. The fraction of sp³-hybridized carbons (Fsp3) is 0.578. The molecule has 3 aromatic carbocycles. The summed E-state index contributed by atoms with van der Waals surface area (Å²) in [5, 5.41) is 131. The molecule has 8 rings (SSSR count). The topological polar surface area (TPSA) is 498 Å². The molecule has 4 saturated heterocycles. The van der Waals surface area contributed by atoms with Crippen molar-refractivity contribution in [2.75, 3.05) is 70.5 Å². The lowest BCUT2D eigenvalue weighted by Gasteiger charge is -2.42. The van der Waals surface area contributed by atoms with Crippen LogP contribution in [0.5, 0.6) is 11.5 Å². The minimum absolute atomic E-state index is 0.0286. The highest BCUT2D eigenvalue weighted by molar-refractivity contribution is 8.27. The van der Waals surface area contributed by atoms with E-state index in [-0.39, 0.29) is 27.8 Å². The van der Waals surface area contributed by atoms with Crippen molar-refractivity contribution in [3.8, 4) is 11.5 Å². The lowest BCUT2D eigenvalue weighted by Crippen LogP contribution is -2.64. The fourth-order valence-corrected chi connectivity index (χ4v) is 14.0. The number of nitrogens with zero attached hydrogens (tertiary/aromatic N) is 4. The largest absolute Gasteiger partial charge is 0.504 e. The number of piperazine rings is 1. The fourth-order valence-electron chi connectivity index (χ4n) is 12.9. The Hall–Kier alpha value is -7.45. The number of carbonyl (C=O) groups excluding carboxylic acids is 7. The summed E-state index contributed by atoms with van der Waals surface area (Å²) in [5.41, 5.74) is 1.75. The Morgan fingerprint density at radius 2 is 1.31 bits per heavy atom. The smallest absolute Gasteiger partial charge is 0.446 e. The summed E-state index contributed by atoms with van der Waals surface area (Å²) in [5.74, 6) is -10.2.